The molecule has 0 bridgehead atoms. The molecule has 0 aromatic carbocycles. The summed E-state index contributed by atoms with van der Waals surface area (Å²) in [7, 11) is 0. The molecule has 2 rings (SSSR count). The summed E-state index contributed by atoms with van der Waals surface area (Å²) in [6, 6.07) is 0. The first-order valence-electron chi connectivity index (χ1n) is 5.95. The van der Waals surface area contributed by atoms with E-state index in [2.05, 4.69) is 26.1 Å². The normalized spacial score (nSPS) is 36.9. The lowest BCUT2D eigenvalue weighted by Gasteiger charge is -2.46. The van der Waals surface area contributed by atoms with E-state index in [1.54, 1.807) is 0 Å². The highest BCUT2D eigenvalue weighted by Crippen LogP contribution is 2.44. The zero-order valence-electron chi connectivity index (χ0n) is 9.73. The second-order valence-corrected chi connectivity index (χ2v) is 5.56. The summed E-state index contributed by atoms with van der Waals surface area (Å²) >= 11 is 0. The minimum atomic E-state index is 0.239. The third-order valence-corrected chi connectivity index (χ3v) is 4.27. The van der Waals surface area contributed by atoms with E-state index in [1.165, 1.54) is 25.7 Å². The van der Waals surface area contributed by atoms with Gasteiger partial charge in [0.1, 0.15) is 0 Å². The maximum Gasteiger partial charge on any atom is 0.0700 e. The smallest absolute Gasteiger partial charge is 0.0700 e. The Balaban J connectivity index is 2.11. The van der Waals surface area contributed by atoms with E-state index in [9.17, 15) is 0 Å². The van der Waals surface area contributed by atoms with Crippen molar-refractivity contribution >= 4 is 0 Å². The Morgan fingerprint density at radius 2 is 2.00 bits per heavy atom. The minimum absolute atomic E-state index is 0.239. The Hall–Kier alpha value is -0.0800. The molecular formula is C12H23NO. The van der Waals surface area contributed by atoms with Gasteiger partial charge in [0.15, 0.2) is 0 Å². The van der Waals surface area contributed by atoms with Gasteiger partial charge in [-0.2, -0.15) is 0 Å². The molecule has 1 aliphatic carbocycles. The van der Waals surface area contributed by atoms with E-state index in [0.717, 1.165) is 13.2 Å². The molecule has 1 atom stereocenters. The van der Waals surface area contributed by atoms with Crippen LogP contribution in [0.3, 0.4) is 0 Å². The van der Waals surface area contributed by atoms with Crippen LogP contribution in [0.1, 0.15) is 46.5 Å². The van der Waals surface area contributed by atoms with Crippen molar-refractivity contribution in [1.29, 1.82) is 0 Å². The van der Waals surface area contributed by atoms with E-state index >= 15 is 0 Å². The molecule has 1 heterocycles. The van der Waals surface area contributed by atoms with Crippen LogP contribution in [0.2, 0.25) is 0 Å². The van der Waals surface area contributed by atoms with E-state index in [1.807, 2.05) is 0 Å². The summed E-state index contributed by atoms with van der Waals surface area (Å²) in [6.07, 6.45) is 5.10. The molecular weight excluding hydrogens is 174 g/mol. The molecule has 2 aliphatic rings. The Kier molecular flexibility index (Phi) is 2.61. The average molecular weight is 197 g/mol. The van der Waals surface area contributed by atoms with Crippen molar-refractivity contribution < 1.29 is 4.74 Å². The molecule has 1 spiro atoms. The minimum Gasteiger partial charge on any atom is -0.374 e. The summed E-state index contributed by atoms with van der Waals surface area (Å²) < 4.78 is 6.01. The predicted molar refractivity (Wildman–Crippen MR) is 58.4 cm³/mol. The second-order valence-electron chi connectivity index (χ2n) is 5.56. The Labute approximate surface area is 87.4 Å². The maximum atomic E-state index is 6.01. The molecule has 1 saturated carbocycles. The first-order chi connectivity index (χ1) is 6.56. The third-order valence-electron chi connectivity index (χ3n) is 4.27. The molecule has 0 radical (unpaired) electrons. The van der Waals surface area contributed by atoms with Gasteiger partial charge < -0.3 is 10.1 Å². The lowest BCUT2D eigenvalue weighted by Crippen LogP contribution is -2.52. The van der Waals surface area contributed by atoms with Crippen LogP contribution in [0.15, 0.2) is 0 Å². The number of ether oxygens (including phenoxy) is 1. The molecule has 1 N–H and O–H groups in total. The topological polar surface area (TPSA) is 21.3 Å². The van der Waals surface area contributed by atoms with Gasteiger partial charge in [-0.05, 0) is 38.5 Å². The molecule has 2 fully saturated rings. The second kappa shape index (κ2) is 3.49. The molecule has 0 aromatic heterocycles. The van der Waals surface area contributed by atoms with Crippen LogP contribution in [0.5, 0.6) is 0 Å². The monoisotopic (exact) mass is 197 g/mol. The fraction of sp³-hybridized carbons (Fsp3) is 1.00. The highest BCUT2D eigenvalue weighted by Gasteiger charge is 2.46. The lowest BCUT2D eigenvalue weighted by atomic mass is 9.69. The highest BCUT2D eigenvalue weighted by molar-refractivity contribution is 5.01. The quantitative estimate of drug-likeness (QED) is 0.696. The Morgan fingerprint density at radius 3 is 2.50 bits per heavy atom. The van der Waals surface area contributed by atoms with Gasteiger partial charge in [-0.25, -0.2) is 0 Å². The van der Waals surface area contributed by atoms with Crippen molar-refractivity contribution in [1.82, 2.24) is 5.32 Å². The molecule has 2 nitrogen and oxygen atoms in total. The van der Waals surface area contributed by atoms with Gasteiger partial charge in [0, 0.05) is 12.1 Å². The molecule has 1 unspecified atom stereocenters. The number of hydrogen-bond donors (Lipinski definition) is 1. The Morgan fingerprint density at radius 1 is 1.29 bits per heavy atom. The third kappa shape index (κ3) is 1.70. The van der Waals surface area contributed by atoms with Gasteiger partial charge in [-0.3, -0.25) is 0 Å². The zero-order chi connectivity index (χ0) is 10.2. The van der Waals surface area contributed by atoms with Crippen LogP contribution >= 0.6 is 0 Å². The van der Waals surface area contributed by atoms with Gasteiger partial charge in [-0.1, -0.05) is 13.8 Å². The molecule has 14 heavy (non-hydrogen) atoms. The van der Waals surface area contributed by atoms with Gasteiger partial charge >= 0.3 is 0 Å². The number of nitrogens with one attached hydrogen (secondary N) is 1. The van der Waals surface area contributed by atoms with Crippen molar-refractivity contribution in [2.45, 2.75) is 57.6 Å². The summed E-state index contributed by atoms with van der Waals surface area (Å²) in [6.45, 7) is 8.88. The van der Waals surface area contributed by atoms with Crippen LogP contribution in [0.4, 0.5) is 0 Å². The molecule has 1 aliphatic heterocycles. The first kappa shape index (κ1) is 10.4. The van der Waals surface area contributed by atoms with Crippen molar-refractivity contribution in [3.63, 3.8) is 0 Å². The summed E-state index contributed by atoms with van der Waals surface area (Å²) in [5.74, 6) is 0.682. The largest absolute Gasteiger partial charge is 0.374 e. The average Bonchev–Trinajstić information content (AvgIpc) is 2.24. The van der Waals surface area contributed by atoms with E-state index in [0.29, 0.717) is 5.92 Å². The fourth-order valence-electron chi connectivity index (χ4n) is 2.69. The first-order valence-corrected chi connectivity index (χ1v) is 5.95. The van der Waals surface area contributed by atoms with Crippen LogP contribution in [-0.2, 0) is 4.74 Å². The Bertz CT molecular complexity index is 210. The van der Waals surface area contributed by atoms with Crippen molar-refractivity contribution in [3.05, 3.63) is 0 Å². The van der Waals surface area contributed by atoms with Crippen molar-refractivity contribution in [2.75, 3.05) is 13.2 Å². The van der Waals surface area contributed by atoms with Gasteiger partial charge in [0.2, 0.25) is 0 Å². The summed E-state index contributed by atoms with van der Waals surface area (Å²) in [5, 5.41) is 3.66. The predicted octanol–water partition coefficient (Wildman–Crippen LogP) is 2.33. The highest BCUT2D eigenvalue weighted by atomic mass is 16.5. The maximum absolute atomic E-state index is 6.01. The number of rotatable bonds is 1. The molecule has 1 saturated heterocycles. The zero-order valence-corrected chi connectivity index (χ0v) is 9.73. The van der Waals surface area contributed by atoms with Gasteiger partial charge in [0.05, 0.1) is 12.2 Å². The standard InChI is InChI=1S/C12H23NO/c1-10(2)11(3)9-12(5-4-6-12)14-8-7-13-11/h10,13H,4-9H2,1-3H3. The van der Waals surface area contributed by atoms with Crippen LogP contribution in [-0.4, -0.2) is 24.3 Å². The van der Waals surface area contributed by atoms with Gasteiger partial charge in [0.25, 0.3) is 0 Å². The van der Waals surface area contributed by atoms with E-state index in [4.69, 9.17) is 4.74 Å². The lowest BCUT2D eigenvalue weighted by molar-refractivity contribution is -0.104. The van der Waals surface area contributed by atoms with Gasteiger partial charge in [-0.15, -0.1) is 0 Å². The van der Waals surface area contributed by atoms with Crippen molar-refractivity contribution in [2.24, 2.45) is 5.92 Å². The van der Waals surface area contributed by atoms with E-state index in [-0.39, 0.29) is 11.1 Å². The van der Waals surface area contributed by atoms with E-state index < -0.39 is 0 Å². The SMILES string of the molecule is CC(C)C1(C)CC2(CCC2)OCCN1. The summed E-state index contributed by atoms with van der Waals surface area (Å²) in [4.78, 5) is 0. The fourth-order valence-corrected chi connectivity index (χ4v) is 2.69. The molecule has 0 amide bonds. The summed E-state index contributed by atoms with van der Waals surface area (Å²) in [5.41, 5.74) is 0.513. The van der Waals surface area contributed by atoms with Crippen LogP contribution in [0, 0.1) is 5.92 Å². The molecule has 0 aromatic rings. The number of hydrogen-bond acceptors (Lipinski definition) is 2. The van der Waals surface area contributed by atoms with Crippen LogP contribution in [0.25, 0.3) is 0 Å². The molecule has 2 heteroatoms. The van der Waals surface area contributed by atoms with Crippen molar-refractivity contribution in [3.8, 4) is 0 Å². The molecule has 82 valence electrons. The van der Waals surface area contributed by atoms with Crippen LogP contribution < -0.4 is 5.32 Å².